The van der Waals surface area contributed by atoms with Gasteiger partial charge >= 0.3 is 5.63 Å². The minimum Gasteiger partial charge on any atom is -0.507 e. The van der Waals surface area contributed by atoms with Gasteiger partial charge in [0, 0.05) is 17.6 Å². The van der Waals surface area contributed by atoms with Crippen LogP contribution in [0.2, 0.25) is 0 Å². The molecule has 10 heteroatoms. The molecule has 0 saturated heterocycles. The van der Waals surface area contributed by atoms with Crippen LogP contribution in [-0.4, -0.2) is 32.2 Å². The molecule has 3 aromatic heterocycles. The summed E-state index contributed by atoms with van der Waals surface area (Å²) in [5.74, 6) is 0.518. The highest BCUT2D eigenvalue weighted by atomic mass is 32.1. The zero-order valence-corrected chi connectivity index (χ0v) is 17.9. The second kappa shape index (κ2) is 7.50. The number of aromatic hydroxyl groups is 1. The molecule has 0 aliphatic heterocycles. The molecule has 2 aromatic carbocycles. The van der Waals surface area contributed by atoms with Gasteiger partial charge in [-0.3, -0.25) is 0 Å². The zero-order valence-electron chi connectivity index (χ0n) is 17.1. The largest absolute Gasteiger partial charge is 0.507 e. The predicted octanol–water partition coefficient (Wildman–Crippen LogP) is 3.77. The highest BCUT2D eigenvalue weighted by Crippen LogP contribution is 2.42. The van der Waals surface area contributed by atoms with Crippen LogP contribution >= 0.6 is 11.3 Å². The van der Waals surface area contributed by atoms with Gasteiger partial charge in [-0.1, -0.05) is 23.5 Å². The van der Waals surface area contributed by atoms with Gasteiger partial charge < -0.3 is 20.0 Å². The summed E-state index contributed by atoms with van der Waals surface area (Å²) in [5, 5.41) is 25.1. The molecule has 0 radical (unpaired) electrons. The van der Waals surface area contributed by atoms with E-state index in [9.17, 15) is 9.90 Å². The first kappa shape index (κ1) is 19.8. The maximum Gasteiger partial charge on any atom is 0.336 e. The van der Waals surface area contributed by atoms with E-state index in [4.69, 9.17) is 20.0 Å². The number of hydrogen-bond acceptors (Lipinski definition) is 9. The number of aromatic nitrogens is 4. The van der Waals surface area contributed by atoms with E-state index in [1.165, 1.54) is 17.4 Å². The molecular weight excluding hydrogens is 430 g/mol. The van der Waals surface area contributed by atoms with Crippen LogP contribution < -0.4 is 16.1 Å². The summed E-state index contributed by atoms with van der Waals surface area (Å²) in [5.41, 5.74) is 8.14. The molecule has 0 aliphatic carbocycles. The van der Waals surface area contributed by atoms with Crippen LogP contribution in [-0.2, 0) is 0 Å². The van der Waals surface area contributed by atoms with E-state index in [0.717, 1.165) is 5.56 Å². The first-order valence-corrected chi connectivity index (χ1v) is 10.4. The summed E-state index contributed by atoms with van der Waals surface area (Å²) in [6, 6.07) is 12.0. The molecule has 5 aromatic rings. The standard InChI is InChI=1S/C22H17N5O4S/c1-11-9-17(29)31-20-12(11)7-8-15(28)18(20)19-13(21-24-25-22(23)32-21)10-27(26-19)14-5-3-4-6-16(14)30-2/h3-10,28H,1-2H3,(H2,23,25). The molecule has 0 atom stereocenters. The maximum atomic E-state index is 12.1. The van der Waals surface area contributed by atoms with Gasteiger partial charge in [0.05, 0.1) is 18.2 Å². The van der Waals surface area contributed by atoms with Gasteiger partial charge in [-0.25, -0.2) is 9.48 Å². The summed E-state index contributed by atoms with van der Waals surface area (Å²) in [7, 11) is 1.57. The average Bonchev–Trinajstić information content (AvgIpc) is 3.39. The summed E-state index contributed by atoms with van der Waals surface area (Å²) in [6.07, 6.45) is 1.75. The Kier molecular flexibility index (Phi) is 4.63. The molecule has 0 bridgehead atoms. The molecule has 32 heavy (non-hydrogen) atoms. The predicted molar refractivity (Wildman–Crippen MR) is 121 cm³/mol. The maximum absolute atomic E-state index is 12.1. The lowest BCUT2D eigenvalue weighted by Gasteiger charge is -2.09. The first-order valence-electron chi connectivity index (χ1n) is 9.55. The Morgan fingerprint density at radius 2 is 2.00 bits per heavy atom. The van der Waals surface area contributed by atoms with Crippen molar-refractivity contribution in [1.29, 1.82) is 0 Å². The second-order valence-corrected chi connectivity index (χ2v) is 8.05. The fraction of sp³-hybridized carbons (Fsp3) is 0.0909. The van der Waals surface area contributed by atoms with E-state index in [1.54, 1.807) is 37.0 Å². The van der Waals surface area contributed by atoms with Crippen molar-refractivity contribution in [2.75, 3.05) is 12.8 Å². The number of rotatable bonds is 4. The smallest absolute Gasteiger partial charge is 0.336 e. The summed E-state index contributed by atoms with van der Waals surface area (Å²) < 4.78 is 12.6. The third kappa shape index (κ3) is 3.17. The Balaban J connectivity index is 1.86. The van der Waals surface area contributed by atoms with Crippen LogP contribution in [0.15, 0.2) is 57.9 Å². The number of phenols is 1. The van der Waals surface area contributed by atoms with Crippen molar-refractivity contribution in [3.63, 3.8) is 0 Å². The molecule has 160 valence electrons. The van der Waals surface area contributed by atoms with Crippen LogP contribution in [0, 0.1) is 6.92 Å². The van der Waals surface area contributed by atoms with E-state index in [0.29, 0.717) is 38.2 Å². The number of benzene rings is 2. The molecule has 3 heterocycles. The Morgan fingerprint density at radius 3 is 2.75 bits per heavy atom. The van der Waals surface area contributed by atoms with Crippen LogP contribution in [0.5, 0.6) is 11.5 Å². The first-order chi connectivity index (χ1) is 15.5. The molecule has 5 rings (SSSR count). The molecule has 0 saturated carbocycles. The van der Waals surface area contributed by atoms with Crippen molar-refractivity contribution in [3.8, 4) is 39.0 Å². The molecule has 3 N–H and O–H groups in total. The van der Waals surface area contributed by atoms with Crippen LogP contribution in [0.1, 0.15) is 5.56 Å². The number of para-hydroxylation sites is 2. The van der Waals surface area contributed by atoms with E-state index in [1.807, 2.05) is 24.3 Å². The number of hydrogen-bond donors (Lipinski definition) is 2. The number of aryl methyl sites for hydroxylation is 1. The molecule has 0 aliphatic rings. The number of nitrogen functional groups attached to an aromatic ring is 1. The Hall–Kier alpha value is -4.18. The van der Waals surface area contributed by atoms with Gasteiger partial charge in [0.2, 0.25) is 5.13 Å². The summed E-state index contributed by atoms with van der Waals surface area (Å²) in [4.78, 5) is 12.1. The van der Waals surface area contributed by atoms with Crippen molar-refractivity contribution in [3.05, 3.63) is 64.6 Å². The van der Waals surface area contributed by atoms with E-state index in [-0.39, 0.29) is 16.9 Å². The monoisotopic (exact) mass is 447 g/mol. The summed E-state index contributed by atoms with van der Waals surface area (Å²) in [6.45, 7) is 1.81. The molecule has 0 unspecified atom stereocenters. The van der Waals surface area contributed by atoms with Gasteiger partial charge in [-0.05, 0) is 36.8 Å². The molecule has 9 nitrogen and oxygen atoms in total. The number of phenolic OH excluding ortho intramolecular Hbond substituents is 1. The lowest BCUT2D eigenvalue weighted by atomic mass is 10.0. The van der Waals surface area contributed by atoms with E-state index < -0.39 is 5.63 Å². The number of ether oxygens (including phenoxy) is 1. The molecule has 0 fully saturated rings. The van der Waals surface area contributed by atoms with Gasteiger partial charge in [-0.2, -0.15) is 5.10 Å². The second-order valence-electron chi connectivity index (χ2n) is 7.04. The fourth-order valence-corrected chi connectivity index (χ4v) is 4.22. The Labute approximate surface area is 185 Å². The molecule has 0 spiro atoms. The van der Waals surface area contributed by atoms with Gasteiger partial charge in [0.25, 0.3) is 0 Å². The molecular formula is C22H17N5O4S. The van der Waals surface area contributed by atoms with Gasteiger partial charge in [0.15, 0.2) is 10.6 Å². The normalized spacial score (nSPS) is 11.2. The van der Waals surface area contributed by atoms with E-state index >= 15 is 0 Å². The third-order valence-corrected chi connectivity index (χ3v) is 5.84. The number of nitrogens with two attached hydrogens (primary N) is 1. The van der Waals surface area contributed by atoms with Crippen molar-refractivity contribution >= 4 is 27.4 Å². The average molecular weight is 447 g/mol. The van der Waals surface area contributed by atoms with Crippen molar-refractivity contribution in [2.24, 2.45) is 0 Å². The van der Waals surface area contributed by atoms with Gasteiger partial charge in [-0.15, -0.1) is 10.2 Å². The van der Waals surface area contributed by atoms with Gasteiger partial charge in [0.1, 0.15) is 22.9 Å². The van der Waals surface area contributed by atoms with Crippen LogP contribution in [0.25, 0.3) is 38.5 Å². The number of nitrogens with zero attached hydrogens (tertiary/aromatic N) is 4. The number of methoxy groups -OCH3 is 1. The number of fused-ring (bicyclic) bond motifs is 1. The molecule has 0 amide bonds. The summed E-state index contributed by atoms with van der Waals surface area (Å²) >= 11 is 1.18. The minimum absolute atomic E-state index is 0.0877. The number of anilines is 1. The topological polar surface area (TPSA) is 129 Å². The SMILES string of the molecule is COc1ccccc1-n1cc(-c2nnc(N)s2)c(-c2c(O)ccc3c(C)cc(=O)oc23)n1. The van der Waals surface area contributed by atoms with Crippen molar-refractivity contribution < 1.29 is 14.3 Å². The highest BCUT2D eigenvalue weighted by molar-refractivity contribution is 7.18. The van der Waals surface area contributed by atoms with Crippen molar-refractivity contribution in [1.82, 2.24) is 20.0 Å². The quantitative estimate of drug-likeness (QED) is 0.398. The Morgan fingerprint density at radius 1 is 1.19 bits per heavy atom. The highest BCUT2D eigenvalue weighted by Gasteiger charge is 2.24. The Bertz CT molecular complexity index is 1540. The lowest BCUT2D eigenvalue weighted by Crippen LogP contribution is -2.00. The van der Waals surface area contributed by atoms with E-state index in [2.05, 4.69) is 10.2 Å². The third-order valence-electron chi connectivity index (χ3n) is 5.05. The zero-order chi connectivity index (χ0) is 22.4. The minimum atomic E-state index is -0.521. The van der Waals surface area contributed by atoms with Crippen LogP contribution in [0.4, 0.5) is 5.13 Å². The van der Waals surface area contributed by atoms with Crippen molar-refractivity contribution in [2.45, 2.75) is 6.92 Å². The lowest BCUT2D eigenvalue weighted by molar-refractivity contribution is 0.412. The fourth-order valence-electron chi connectivity index (χ4n) is 3.60. The van der Waals surface area contributed by atoms with Crippen LogP contribution in [0.3, 0.4) is 0 Å².